The van der Waals surface area contributed by atoms with Crippen LogP contribution in [0.25, 0.3) is 0 Å². The SMILES string of the molecule is COCCO[C@H]1CC[C@](C)(C2CCC(N3C(=O)Cc4ccc(C)cc43)CC2)CC1. The summed E-state index contributed by atoms with van der Waals surface area (Å²) in [5, 5.41) is 0. The molecule has 29 heavy (non-hydrogen) atoms. The summed E-state index contributed by atoms with van der Waals surface area (Å²) in [4.78, 5) is 14.9. The van der Waals surface area contributed by atoms with Crippen LogP contribution in [0.1, 0.15) is 69.4 Å². The number of benzene rings is 1. The lowest BCUT2D eigenvalue weighted by Gasteiger charge is -2.46. The molecular formula is C25H37NO3. The molecule has 0 bridgehead atoms. The maximum atomic E-state index is 12.7. The first kappa shape index (κ1) is 20.9. The van der Waals surface area contributed by atoms with Crippen LogP contribution in [-0.4, -0.2) is 38.4 Å². The van der Waals surface area contributed by atoms with E-state index in [9.17, 15) is 4.79 Å². The van der Waals surface area contributed by atoms with Crippen molar-refractivity contribution in [2.24, 2.45) is 11.3 Å². The van der Waals surface area contributed by atoms with Gasteiger partial charge in [-0.2, -0.15) is 0 Å². The molecule has 4 nitrogen and oxygen atoms in total. The maximum absolute atomic E-state index is 12.7. The van der Waals surface area contributed by atoms with Gasteiger partial charge in [-0.15, -0.1) is 0 Å². The molecule has 1 aromatic carbocycles. The van der Waals surface area contributed by atoms with Crippen LogP contribution < -0.4 is 4.90 Å². The van der Waals surface area contributed by atoms with Crippen LogP contribution in [0.2, 0.25) is 0 Å². The van der Waals surface area contributed by atoms with Crippen molar-refractivity contribution in [3.8, 4) is 0 Å². The molecule has 0 N–H and O–H groups in total. The Balaban J connectivity index is 1.32. The molecule has 0 atom stereocenters. The van der Waals surface area contributed by atoms with Gasteiger partial charge in [-0.3, -0.25) is 4.79 Å². The Kier molecular flexibility index (Phi) is 6.31. The highest BCUT2D eigenvalue weighted by atomic mass is 16.5. The van der Waals surface area contributed by atoms with Gasteiger partial charge in [0.25, 0.3) is 0 Å². The van der Waals surface area contributed by atoms with Gasteiger partial charge in [0.2, 0.25) is 5.91 Å². The number of fused-ring (bicyclic) bond motifs is 1. The van der Waals surface area contributed by atoms with E-state index in [0.29, 0.717) is 43.1 Å². The normalized spacial score (nSPS) is 32.4. The van der Waals surface area contributed by atoms with Crippen molar-refractivity contribution >= 4 is 11.6 Å². The molecule has 0 radical (unpaired) electrons. The highest BCUT2D eigenvalue weighted by Crippen LogP contribution is 2.49. The number of ether oxygens (including phenoxy) is 2. The average molecular weight is 400 g/mol. The fraction of sp³-hybridized carbons (Fsp3) is 0.720. The fourth-order valence-corrected chi connectivity index (χ4v) is 5.99. The standard InChI is InChI=1S/C25H37NO3/c1-18-4-5-19-17-24(27)26(23(19)16-18)21-8-6-20(7-9-21)25(2)12-10-22(11-13-25)29-15-14-28-3/h4-5,16,20-22H,6-15,17H2,1-3H3/t20?,21?,22-,25-. The van der Waals surface area contributed by atoms with E-state index < -0.39 is 0 Å². The van der Waals surface area contributed by atoms with Crippen LogP contribution in [0.4, 0.5) is 5.69 Å². The van der Waals surface area contributed by atoms with Gasteiger partial charge in [0, 0.05) is 18.8 Å². The number of anilines is 1. The van der Waals surface area contributed by atoms with E-state index in [-0.39, 0.29) is 0 Å². The Hall–Kier alpha value is -1.39. The lowest BCUT2D eigenvalue weighted by Crippen LogP contribution is -2.43. The van der Waals surface area contributed by atoms with Crippen molar-refractivity contribution in [1.82, 2.24) is 0 Å². The average Bonchev–Trinajstić information content (AvgIpc) is 3.05. The molecule has 2 aliphatic carbocycles. The largest absolute Gasteiger partial charge is 0.382 e. The van der Waals surface area contributed by atoms with E-state index in [0.717, 1.165) is 18.8 Å². The molecule has 4 heteroatoms. The minimum absolute atomic E-state index is 0.300. The first-order chi connectivity index (χ1) is 14.0. The third kappa shape index (κ3) is 4.39. The quantitative estimate of drug-likeness (QED) is 0.628. The fourth-order valence-electron chi connectivity index (χ4n) is 5.99. The van der Waals surface area contributed by atoms with Crippen LogP contribution in [0.15, 0.2) is 18.2 Å². The Morgan fingerprint density at radius 1 is 1.07 bits per heavy atom. The summed E-state index contributed by atoms with van der Waals surface area (Å²) in [7, 11) is 1.73. The maximum Gasteiger partial charge on any atom is 0.231 e. The number of hydrogen-bond donors (Lipinski definition) is 0. The minimum Gasteiger partial charge on any atom is -0.382 e. The zero-order valence-electron chi connectivity index (χ0n) is 18.4. The number of carbonyl (C=O) groups excluding carboxylic acids is 1. The first-order valence-corrected chi connectivity index (χ1v) is 11.5. The van der Waals surface area contributed by atoms with Crippen molar-refractivity contribution < 1.29 is 14.3 Å². The zero-order chi connectivity index (χ0) is 20.4. The number of amides is 1. The summed E-state index contributed by atoms with van der Waals surface area (Å²) in [5.41, 5.74) is 4.07. The van der Waals surface area contributed by atoms with Gasteiger partial charge in [-0.1, -0.05) is 19.1 Å². The van der Waals surface area contributed by atoms with Gasteiger partial charge in [-0.25, -0.2) is 0 Å². The summed E-state index contributed by atoms with van der Waals surface area (Å²) >= 11 is 0. The molecule has 1 amide bonds. The lowest BCUT2D eigenvalue weighted by atomic mass is 9.62. The molecule has 3 aliphatic rings. The van der Waals surface area contributed by atoms with Crippen LogP contribution in [0, 0.1) is 18.3 Å². The summed E-state index contributed by atoms with van der Waals surface area (Å²) in [6.45, 7) is 6.03. The summed E-state index contributed by atoms with van der Waals surface area (Å²) in [6.07, 6.45) is 10.7. The number of rotatable bonds is 6. The smallest absolute Gasteiger partial charge is 0.231 e. The van der Waals surface area contributed by atoms with Crippen LogP contribution in [0.5, 0.6) is 0 Å². The molecule has 2 saturated carbocycles. The number of hydrogen-bond acceptors (Lipinski definition) is 3. The van der Waals surface area contributed by atoms with Crippen LogP contribution in [-0.2, 0) is 20.7 Å². The highest BCUT2D eigenvalue weighted by Gasteiger charge is 2.42. The predicted molar refractivity (Wildman–Crippen MR) is 116 cm³/mol. The van der Waals surface area contributed by atoms with Gasteiger partial charge in [0.15, 0.2) is 0 Å². The third-order valence-corrected chi connectivity index (χ3v) is 7.87. The monoisotopic (exact) mass is 399 g/mol. The van der Waals surface area contributed by atoms with Gasteiger partial charge < -0.3 is 14.4 Å². The molecule has 1 heterocycles. The van der Waals surface area contributed by atoms with Crippen molar-refractivity contribution in [2.75, 3.05) is 25.2 Å². The Morgan fingerprint density at radius 2 is 1.79 bits per heavy atom. The topological polar surface area (TPSA) is 38.8 Å². The molecule has 0 aromatic heterocycles. The van der Waals surface area contributed by atoms with Gasteiger partial charge in [0.05, 0.1) is 25.7 Å². The van der Waals surface area contributed by atoms with E-state index in [2.05, 4.69) is 36.9 Å². The van der Waals surface area contributed by atoms with Crippen LogP contribution in [0.3, 0.4) is 0 Å². The molecule has 160 valence electrons. The molecule has 0 unspecified atom stereocenters. The number of aryl methyl sites for hydroxylation is 1. The Labute approximate surface area is 175 Å². The third-order valence-electron chi connectivity index (χ3n) is 7.87. The van der Waals surface area contributed by atoms with E-state index >= 15 is 0 Å². The summed E-state index contributed by atoms with van der Waals surface area (Å²) < 4.78 is 11.1. The highest BCUT2D eigenvalue weighted by molar-refractivity contribution is 6.02. The molecule has 0 saturated heterocycles. The number of nitrogens with zero attached hydrogens (tertiary/aromatic N) is 1. The molecule has 2 fully saturated rings. The van der Waals surface area contributed by atoms with Crippen molar-refractivity contribution in [1.29, 1.82) is 0 Å². The molecule has 4 rings (SSSR count). The second-order valence-electron chi connectivity index (χ2n) is 9.80. The van der Waals surface area contributed by atoms with Crippen molar-refractivity contribution in [2.45, 2.75) is 83.8 Å². The van der Waals surface area contributed by atoms with Crippen molar-refractivity contribution in [3.63, 3.8) is 0 Å². The Morgan fingerprint density at radius 3 is 2.48 bits per heavy atom. The second kappa shape index (κ2) is 8.77. The first-order valence-electron chi connectivity index (χ1n) is 11.5. The van der Waals surface area contributed by atoms with Gasteiger partial charge >= 0.3 is 0 Å². The zero-order valence-corrected chi connectivity index (χ0v) is 18.4. The van der Waals surface area contributed by atoms with E-state index in [1.165, 1.54) is 55.3 Å². The lowest BCUT2D eigenvalue weighted by molar-refractivity contribution is -0.118. The number of carbonyl (C=O) groups is 1. The molecule has 0 spiro atoms. The predicted octanol–water partition coefficient (Wildman–Crippen LogP) is 5.05. The van der Waals surface area contributed by atoms with E-state index in [4.69, 9.17) is 9.47 Å². The van der Waals surface area contributed by atoms with Crippen molar-refractivity contribution in [3.05, 3.63) is 29.3 Å². The summed E-state index contributed by atoms with van der Waals surface area (Å²) in [6, 6.07) is 6.86. The van der Waals surface area contributed by atoms with Crippen LogP contribution >= 0.6 is 0 Å². The second-order valence-corrected chi connectivity index (χ2v) is 9.80. The summed E-state index contributed by atoms with van der Waals surface area (Å²) in [5.74, 6) is 1.09. The molecular weight excluding hydrogens is 362 g/mol. The van der Waals surface area contributed by atoms with Gasteiger partial charge in [0.1, 0.15) is 0 Å². The minimum atomic E-state index is 0.300. The molecule has 1 aromatic rings. The Bertz CT molecular complexity index is 715. The van der Waals surface area contributed by atoms with E-state index in [1.54, 1.807) is 7.11 Å². The number of methoxy groups -OCH3 is 1. The van der Waals surface area contributed by atoms with E-state index in [1.807, 2.05) is 0 Å². The molecule has 1 aliphatic heterocycles. The van der Waals surface area contributed by atoms with Gasteiger partial charge in [-0.05, 0) is 86.8 Å².